The van der Waals surface area contributed by atoms with Gasteiger partial charge in [-0.25, -0.2) is 0 Å². The van der Waals surface area contributed by atoms with Crippen LogP contribution in [0.2, 0.25) is 0 Å². The van der Waals surface area contributed by atoms with Crippen LogP contribution in [0.4, 0.5) is 5.69 Å². The molecule has 4 heteroatoms. The van der Waals surface area contributed by atoms with E-state index >= 15 is 0 Å². The second kappa shape index (κ2) is 5.19. The fourth-order valence-electron chi connectivity index (χ4n) is 3.64. The quantitative estimate of drug-likeness (QED) is 0.887. The van der Waals surface area contributed by atoms with Crippen molar-refractivity contribution in [2.45, 2.75) is 38.1 Å². The fourth-order valence-corrected chi connectivity index (χ4v) is 3.64. The van der Waals surface area contributed by atoms with Crippen molar-refractivity contribution in [1.82, 2.24) is 9.88 Å². The Morgan fingerprint density at radius 1 is 1.37 bits per heavy atom. The van der Waals surface area contributed by atoms with Gasteiger partial charge in [-0.2, -0.15) is 0 Å². The first-order valence-electron chi connectivity index (χ1n) is 7.24. The lowest BCUT2D eigenvalue weighted by molar-refractivity contribution is 0.0549. The molecule has 3 rings (SSSR count). The van der Waals surface area contributed by atoms with E-state index in [-0.39, 0.29) is 5.91 Å². The molecule has 1 aliphatic carbocycles. The number of carbonyl (C=O) groups is 1. The summed E-state index contributed by atoms with van der Waals surface area (Å²) in [6, 6.07) is 2.30. The van der Waals surface area contributed by atoms with Gasteiger partial charge in [0.15, 0.2) is 0 Å². The molecule has 2 aliphatic rings. The molecule has 1 saturated carbocycles. The van der Waals surface area contributed by atoms with Gasteiger partial charge >= 0.3 is 0 Å². The molecule has 0 aromatic carbocycles. The van der Waals surface area contributed by atoms with Gasteiger partial charge < -0.3 is 10.2 Å². The molecule has 1 aliphatic heterocycles. The number of anilines is 1. The number of aromatic nitrogens is 1. The summed E-state index contributed by atoms with van der Waals surface area (Å²) < 4.78 is 0. The number of hydrogen-bond acceptors (Lipinski definition) is 3. The first kappa shape index (κ1) is 12.5. The monoisotopic (exact) mass is 259 g/mol. The van der Waals surface area contributed by atoms with Gasteiger partial charge in [-0.3, -0.25) is 9.78 Å². The van der Waals surface area contributed by atoms with Gasteiger partial charge in [0.25, 0.3) is 5.91 Å². The van der Waals surface area contributed by atoms with E-state index < -0.39 is 0 Å². The van der Waals surface area contributed by atoms with E-state index in [1.54, 1.807) is 12.4 Å². The van der Waals surface area contributed by atoms with Crippen molar-refractivity contribution in [3.8, 4) is 0 Å². The highest BCUT2D eigenvalue weighted by molar-refractivity contribution is 5.99. The highest BCUT2D eigenvalue weighted by Crippen LogP contribution is 2.37. The van der Waals surface area contributed by atoms with Crippen LogP contribution in [0.3, 0.4) is 0 Å². The maximum Gasteiger partial charge on any atom is 0.256 e. The Labute approximate surface area is 114 Å². The van der Waals surface area contributed by atoms with E-state index in [2.05, 4.69) is 15.2 Å². The van der Waals surface area contributed by atoms with Gasteiger partial charge in [0.2, 0.25) is 0 Å². The number of likely N-dealkylation sites (tertiary alicyclic amines) is 1. The number of fused-ring (bicyclic) bond motifs is 1. The molecule has 102 valence electrons. The number of rotatable bonds is 2. The molecule has 19 heavy (non-hydrogen) atoms. The van der Waals surface area contributed by atoms with Crippen LogP contribution in [0, 0.1) is 5.92 Å². The summed E-state index contributed by atoms with van der Waals surface area (Å²) in [4.78, 5) is 19.0. The number of piperidine rings is 1. The maximum absolute atomic E-state index is 12.8. The summed E-state index contributed by atoms with van der Waals surface area (Å²) in [6.07, 6.45) is 9.61. The third-order valence-electron chi connectivity index (χ3n) is 4.57. The van der Waals surface area contributed by atoms with Crippen LogP contribution in [-0.4, -0.2) is 35.4 Å². The number of nitrogens with one attached hydrogen (secondary N) is 1. The average molecular weight is 259 g/mol. The summed E-state index contributed by atoms with van der Waals surface area (Å²) in [6.45, 7) is 0.908. The van der Waals surface area contributed by atoms with Crippen LogP contribution in [0.15, 0.2) is 18.5 Å². The molecule has 1 aromatic rings. The van der Waals surface area contributed by atoms with Crippen LogP contribution in [-0.2, 0) is 0 Å². The molecule has 2 unspecified atom stereocenters. The van der Waals surface area contributed by atoms with E-state index in [4.69, 9.17) is 0 Å². The molecule has 1 amide bonds. The third-order valence-corrected chi connectivity index (χ3v) is 4.57. The number of nitrogens with zero attached hydrogens (tertiary/aromatic N) is 2. The van der Waals surface area contributed by atoms with Crippen LogP contribution in [0.1, 0.15) is 42.5 Å². The molecule has 1 N–H and O–H groups in total. The minimum absolute atomic E-state index is 0.170. The van der Waals surface area contributed by atoms with Crippen LogP contribution < -0.4 is 5.32 Å². The Morgan fingerprint density at radius 3 is 3.05 bits per heavy atom. The second-order valence-electron chi connectivity index (χ2n) is 5.57. The highest BCUT2D eigenvalue weighted by Gasteiger charge is 2.37. The summed E-state index contributed by atoms with van der Waals surface area (Å²) in [5.74, 6) is 0.904. The Bertz CT molecular complexity index is 474. The second-order valence-corrected chi connectivity index (χ2v) is 5.57. The Balaban J connectivity index is 1.86. The third kappa shape index (κ3) is 2.20. The standard InChI is InChI=1S/C15H21N3O/c1-16-13-10-17-8-7-12(13)15(19)18-9-3-5-11-4-2-6-14(11)18/h7-8,10-11,14,16H,2-6,9H2,1H3. The normalized spacial score (nSPS) is 26.1. The van der Waals surface area contributed by atoms with Crippen LogP contribution in [0.5, 0.6) is 0 Å². The molecule has 1 aromatic heterocycles. The smallest absolute Gasteiger partial charge is 0.256 e. The molecule has 0 bridgehead atoms. The molecular formula is C15H21N3O. The van der Waals surface area contributed by atoms with Crippen molar-refractivity contribution in [2.75, 3.05) is 18.9 Å². The molecule has 2 heterocycles. The minimum Gasteiger partial charge on any atom is -0.386 e. The highest BCUT2D eigenvalue weighted by atomic mass is 16.2. The maximum atomic E-state index is 12.8. The molecule has 0 spiro atoms. The number of hydrogen-bond donors (Lipinski definition) is 1. The largest absolute Gasteiger partial charge is 0.386 e. The molecule has 1 saturated heterocycles. The average Bonchev–Trinajstić information content (AvgIpc) is 2.94. The van der Waals surface area contributed by atoms with Crippen molar-refractivity contribution in [3.63, 3.8) is 0 Å². The molecule has 0 radical (unpaired) electrons. The van der Waals surface area contributed by atoms with Crippen molar-refractivity contribution < 1.29 is 4.79 Å². The zero-order chi connectivity index (χ0) is 13.2. The number of carbonyl (C=O) groups excluding carboxylic acids is 1. The Hall–Kier alpha value is -1.58. The van der Waals surface area contributed by atoms with Gasteiger partial charge in [-0.15, -0.1) is 0 Å². The van der Waals surface area contributed by atoms with Crippen molar-refractivity contribution in [3.05, 3.63) is 24.0 Å². The predicted molar refractivity (Wildman–Crippen MR) is 75.2 cm³/mol. The summed E-state index contributed by atoms with van der Waals surface area (Å²) >= 11 is 0. The van der Waals surface area contributed by atoms with E-state index in [9.17, 15) is 4.79 Å². The zero-order valence-corrected chi connectivity index (χ0v) is 11.4. The Morgan fingerprint density at radius 2 is 2.21 bits per heavy atom. The summed E-state index contributed by atoms with van der Waals surface area (Å²) in [5.41, 5.74) is 1.58. The lowest BCUT2D eigenvalue weighted by Gasteiger charge is -2.38. The van der Waals surface area contributed by atoms with E-state index in [1.165, 1.54) is 25.7 Å². The fraction of sp³-hybridized carbons (Fsp3) is 0.600. The molecule has 2 fully saturated rings. The van der Waals surface area contributed by atoms with E-state index in [0.29, 0.717) is 6.04 Å². The van der Waals surface area contributed by atoms with Crippen molar-refractivity contribution >= 4 is 11.6 Å². The lowest BCUT2D eigenvalue weighted by Crippen LogP contribution is -2.46. The minimum atomic E-state index is 0.170. The molecular weight excluding hydrogens is 238 g/mol. The van der Waals surface area contributed by atoms with Crippen LogP contribution in [0.25, 0.3) is 0 Å². The number of amides is 1. The van der Waals surface area contributed by atoms with Gasteiger partial charge in [0, 0.05) is 25.8 Å². The number of pyridine rings is 1. The van der Waals surface area contributed by atoms with Gasteiger partial charge in [-0.1, -0.05) is 6.42 Å². The molecule has 4 nitrogen and oxygen atoms in total. The zero-order valence-electron chi connectivity index (χ0n) is 11.4. The van der Waals surface area contributed by atoms with Gasteiger partial charge in [-0.05, 0) is 37.7 Å². The topological polar surface area (TPSA) is 45.2 Å². The van der Waals surface area contributed by atoms with E-state index in [1.807, 2.05) is 13.1 Å². The SMILES string of the molecule is CNc1cnccc1C(=O)N1CCCC2CCCC21. The van der Waals surface area contributed by atoms with Crippen molar-refractivity contribution in [1.29, 1.82) is 0 Å². The Kier molecular flexibility index (Phi) is 3.40. The molecule has 2 atom stereocenters. The first-order chi connectivity index (χ1) is 9.31. The predicted octanol–water partition coefficient (Wildman–Crippen LogP) is 2.53. The summed E-state index contributed by atoms with van der Waals surface area (Å²) in [7, 11) is 1.84. The lowest BCUT2D eigenvalue weighted by atomic mass is 9.91. The van der Waals surface area contributed by atoms with Crippen molar-refractivity contribution in [2.24, 2.45) is 5.92 Å². The first-order valence-corrected chi connectivity index (χ1v) is 7.24. The van der Waals surface area contributed by atoms with Crippen LogP contribution >= 0.6 is 0 Å². The summed E-state index contributed by atoms with van der Waals surface area (Å²) in [5, 5.41) is 3.07. The van der Waals surface area contributed by atoms with Gasteiger partial charge in [0.1, 0.15) is 0 Å². The van der Waals surface area contributed by atoms with Gasteiger partial charge in [0.05, 0.1) is 17.4 Å². The van der Waals surface area contributed by atoms with E-state index in [0.717, 1.165) is 30.1 Å².